The molecule has 0 spiro atoms. The quantitative estimate of drug-likeness (QED) is 0.867. The van der Waals surface area contributed by atoms with Gasteiger partial charge in [0.1, 0.15) is 11.6 Å². The highest BCUT2D eigenvalue weighted by atomic mass is 19.1. The first kappa shape index (κ1) is 12.9. The number of rotatable bonds is 3. The summed E-state index contributed by atoms with van der Waals surface area (Å²) in [5.41, 5.74) is -0.0161. The van der Waals surface area contributed by atoms with Gasteiger partial charge in [0, 0.05) is 12.1 Å². The van der Waals surface area contributed by atoms with Gasteiger partial charge in [-0.15, -0.1) is 0 Å². The van der Waals surface area contributed by atoms with Crippen molar-refractivity contribution >= 4 is 5.91 Å². The molecule has 0 heterocycles. The second-order valence-electron chi connectivity index (χ2n) is 4.97. The Balaban J connectivity index is 2.02. The van der Waals surface area contributed by atoms with E-state index in [-0.39, 0.29) is 17.4 Å². The first-order chi connectivity index (χ1) is 8.58. The van der Waals surface area contributed by atoms with Gasteiger partial charge in [-0.2, -0.15) is 0 Å². The third-order valence-electron chi connectivity index (χ3n) is 3.66. The molecule has 3 nitrogen and oxygen atoms in total. The average Bonchev–Trinajstić information content (AvgIpc) is 2.81. The van der Waals surface area contributed by atoms with Crippen LogP contribution in [0.25, 0.3) is 0 Å². The van der Waals surface area contributed by atoms with Crippen molar-refractivity contribution in [1.29, 1.82) is 0 Å². The van der Waals surface area contributed by atoms with E-state index in [1.165, 1.54) is 25.0 Å². The van der Waals surface area contributed by atoms with Crippen LogP contribution >= 0.6 is 0 Å². The van der Waals surface area contributed by atoms with Gasteiger partial charge in [0.05, 0.1) is 5.56 Å². The second-order valence-corrected chi connectivity index (χ2v) is 4.97. The van der Waals surface area contributed by atoms with E-state index >= 15 is 0 Å². The summed E-state index contributed by atoms with van der Waals surface area (Å²) in [4.78, 5) is 11.9. The van der Waals surface area contributed by atoms with Crippen LogP contribution in [0.15, 0.2) is 18.2 Å². The lowest BCUT2D eigenvalue weighted by molar-refractivity contribution is 0.0923. The van der Waals surface area contributed by atoms with E-state index in [0.717, 1.165) is 18.9 Å². The monoisotopic (exact) mass is 251 g/mol. The topological polar surface area (TPSA) is 49.3 Å². The molecule has 1 atom stereocenters. The molecule has 18 heavy (non-hydrogen) atoms. The summed E-state index contributed by atoms with van der Waals surface area (Å²) < 4.78 is 13.5. The molecule has 1 aliphatic carbocycles. The molecule has 1 aliphatic rings. The summed E-state index contributed by atoms with van der Waals surface area (Å²) in [5.74, 6) is -0.778. The summed E-state index contributed by atoms with van der Waals surface area (Å²) >= 11 is 0. The number of phenolic OH excluding ortho intramolecular Hbond substituents is 1. The van der Waals surface area contributed by atoms with E-state index in [1.54, 1.807) is 0 Å². The fourth-order valence-corrected chi connectivity index (χ4v) is 2.55. The molecule has 1 aromatic rings. The highest BCUT2D eigenvalue weighted by molar-refractivity contribution is 5.94. The molecule has 4 heteroatoms. The van der Waals surface area contributed by atoms with Crippen molar-refractivity contribution < 1.29 is 14.3 Å². The van der Waals surface area contributed by atoms with Crippen molar-refractivity contribution in [3.63, 3.8) is 0 Å². The zero-order chi connectivity index (χ0) is 13.1. The molecular formula is C14H18FNO2. The normalized spacial score (nSPS) is 17.7. The number of phenols is 1. The van der Waals surface area contributed by atoms with Gasteiger partial charge < -0.3 is 10.4 Å². The Bertz CT molecular complexity index is 441. The molecule has 1 amide bonds. The van der Waals surface area contributed by atoms with E-state index in [9.17, 15) is 9.18 Å². The third kappa shape index (κ3) is 2.81. The maximum absolute atomic E-state index is 13.5. The van der Waals surface area contributed by atoms with Crippen molar-refractivity contribution in [2.24, 2.45) is 5.92 Å². The molecule has 1 fully saturated rings. The predicted molar refractivity (Wildman–Crippen MR) is 67.0 cm³/mol. The molecule has 2 rings (SSSR count). The van der Waals surface area contributed by atoms with Crippen molar-refractivity contribution in [2.45, 2.75) is 38.6 Å². The molecule has 1 aromatic carbocycles. The van der Waals surface area contributed by atoms with Crippen molar-refractivity contribution in [1.82, 2.24) is 5.32 Å². The highest BCUT2D eigenvalue weighted by Gasteiger charge is 2.24. The lowest BCUT2D eigenvalue weighted by Gasteiger charge is -2.20. The maximum Gasteiger partial charge on any atom is 0.254 e. The van der Waals surface area contributed by atoms with E-state index in [1.807, 2.05) is 6.92 Å². The lowest BCUT2D eigenvalue weighted by atomic mass is 9.99. The lowest BCUT2D eigenvalue weighted by Crippen LogP contribution is -2.37. The van der Waals surface area contributed by atoms with Gasteiger partial charge in [-0.3, -0.25) is 4.79 Å². The number of amides is 1. The minimum atomic E-state index is -0.689. The van der Waals surface area contributed by atoms with Crippen molar-refractivity contribution in [3.8, 4) is 5.75 Å². The fourth-order valence-electron chi connectivity index (χ4n) is 2.55. The molecule has 0 bridgehead atoms. The van der Waals surface area contributed by atoms with Crippen LogP contribution in [0.2, 0.25) is 0 Å². The molecule has 0 aromatic heterocycles. The summed E-state index contributed by atoms with van der Waals surface area (Å²) in [5, 5.41) is 11.9. The first-order valence-corrected chi connectivity index (χ1v) is 6.37. The number of nitrogens with one attached hydrogen (secondary N) is 1. The van der Waals surface area contributed by atoms with Crippen molar-refractivity contribution in [2.75, 3.05) is 0 Å². The average molecular weight is 251 g/mol. The zero-order valence-electron chi connectivity index (χ0n) is 10.4. The number of carbonyl (C=O) groups is 1. The van der Waals surface area contributed by atoms with Gasteiger partial charge in [0.25, 0.3) is 5.91 Å². The Labute approximate surface area is 106 Å². The molecule has 1 saturated carbocycles. The Morgan fingerprint density at radius 3 is 2.72 bits per heavy atom. The van der Waals surface area contributed by atoms with Gasteiger partial charge in [-0.1, -0.05) is 12.8 Å². The van der Waals surface area contributed by atoms with E-state index in [4.69, 9.17) is 5.11 Å². The molecule has 0 saturated heterocycles. The molecule has 98 valence electrons. The van der Waals surface area contributed by atoms with E-state index in [2.05, 4.69) is 5.32 Å². The minimum absolute atomic E-state index is 0.0161. The van der Waals surface area contributed by atoms with Crippen LogP contribution in [0.5, 0.6) is 5.75 Å². The Kier molecular flexibility index (Phi) is 3.84. The number of aromatic hydroxyl groups is 1. The summed E-state index contributed by atoms with van der Waals surface area (Å²) in [7, 11) is 0. The number of hydrogen-bond acceptors (Lipinski definition) is 2. The van der Waals surface area contributed by atoms with Crippen LogP contribution in [-0.4, -0.2) is 17.1 Å². The van der Waals surface area contributed by atoms with Gasteiger partial charge in [-0.05, 0) is 37.8 Å². The number of benzene rings is 1. The Morgan fingerprint density at radius 1 is 1.44 bits per heavy atom. The van der Waals surface area contributed by atoms with Crippen LogP contribution in [0.3, 0.4) is 0 Å². The fraction of sp³-hybridized carbons (Fsp3) is 0.500. The van der Waals surface area contributed by atoms with Crippen LogP contribution in [-0.2, 0) is 0 Å². The summed E-state index contributed by atoms with van der Waals surface area (Å²) in [6, 6.07) is 3.64. The van der Waals surface area contributed by atoms with E-state index < -0.39 is 11.7 Å². The van der Waals surface area contributed by atoms with Crippen LogP contribution in [0, 0.1) is 11.7 Å². The third-order valence-corrected chi connectivity index (χ3v) is 3.66. The molecule has 2 N–H and O–H groups in total. The molecule has 0 radical (unpaired) electrons. The second kappa shape index (κ2) is 5.38. The number of halogens is 1. The molecule has 0 aliphatic heterocycles. The van der Waals surface area contributed by atoms with Crippen LogP contribution in [0.1, 0.15) is 43.0 Å². The predicted octanol–water partition coefficient (Wildman–Crippen LogP) is 2.84. The largest absolute Gasteiger partial charge is 0.508 e. The number of carbonyl (C=O) groups excluding carboxylic acids is 1. The van der Waals surface area contributed by atoms with Gasteiger partial charge >= 0.3 is 0 Å². The smallest absolute Gasteiger partial charge is 0.254 e. The zero-order valence-corrected chi connectivity index (χ0v) is 10.4. The summed E-state index contributed by atoms with van der Waals surface area (Å²) in [6.45, 7) is 1.96. The van der Waals surface area contributed by atoms with Crippen LogP contribution < -0.4 is 5.32 Å². The number of hydrogen-bond donors (Lipinski definition) is 2. The Morgan fingerprint density at radius 2 is 2.11 bits per heavy atom. The molecular weight excluding hydrogens is 233 g/mol. The van der Waals surface area contributed by atoms with Gasteiger partial charge in [0.2, 0.25) is 0 Å². The SMILES string of the molecule is CC(NC(=O)c1ccc(O)cc1F)C1CCCC1. The van der Waals surface area contributed by atoms with Crippen LogP contribution in [0.4, 0.5) is 4.39 Å². The minimum Gasteiger partial charge on any atom is -0.508 e. The highest BCUT2D eigenvalue weighted by Crippen LogP contribution is 2.27. The first-order valence-electron chi connectivity index (χ1n) is 6.37. The Hall–Kier alpha value is -1.58. The standard InChI is InChI=1S/C14H18FNO2/c1-9(10-4-2-3-5-10)16-14(18)12-7-6-11(17)8-13(12)15/h6-10,17H,2-5H2,1H3,(H,16,18). The maximum atomic E-state index is 13.5. The van der Waals surface area contributed by atoms with Gasteiger partial charge in [-0.25, -0.2) is 4.39 Å². The van der Waals surface area contributed by atoms with Gasteiger partial charge in [0.15, 0.2) is 0 Å². The molecule has 1 unspecified atom stereocenters. The van der Waals surface area contributed by atoms with Crippen molar-refractivity contribution in [3.05, 3.63) is 29.6 Å². The van der Waals surface area contributed by atoms with E-state index in [0.29, 0.717) is 5.92 Å². The summed E-state index contributed by atoms with van der Waals surface area (Å²) in [6.07, 6.45) is 4.66.